The summed E-state index contributed by atoms with van der Waals surface area (Å²) in [4.78, 5) is 2.22. The van der Waals surface area contributed by atoms with Gasteiger partial charge in [-0.3, -0.25) is 0 Å². The molecule has 0 radical (unpaired) electrons. The van der Waals surface area contributed by atoms with Crippen LogP contribution in [0, 0.1) is 23.2 Å². The topological polar surface area (TPSA) is 20.2 Å². The number of halogens is 1. The van der Waals surface area contributed by atoms with Crippen LogP contribution in [0.25, 0.3) is 0 Å². The minimum atomic E-state index is -0.501. The Kier molecular flexibility index (Phi) is 5.63. The van der Waals surface area contributed by atoms with Crippen molar-refractivity contribution in [2.45, 2.75) is 84.7 Å². The maximum Gasteiger partial charge on any atom is 0.0591 e. The van der Waals surface area contributed by atoms with Crippen molar-refractivity contribution in [1.29, 1.82) is 0 Å². The highest BCUT2D eigenvalue weighted by molar-refractivity contribution is 9.11. The maximum absolute atomic E-state index is 9.89. The van der Waals surface area contributed by atoms with E-state index in [0.29, 0.717) is 5.41 Å². The van der Waals surface area contributed by atoms with Crippen LogP contribution in [0.5, 0.6) is 0 Å². The zero-order valence-corrected chi connectivity index (χ0v) is 15.9. The molecule has 0 aromatic rings. The molecular weight excluding hydrogens is 324 g/mol. The number of aliphatic hydroxyl groups is 1. The third kappa shape index (κ3) is 3.93. The molecule has 2 saturated carbocycles. The number of hydrogen-bond acceptors (Lipinski definition) is 1. The van der Waals surface area contributed by atoms with Gasteiger partial charge < -0.3 is 5.11 Å². The molecule has 4 atom stereocenters. The monoisotopic (exact) mass is 356 g/mol. The van der Waals surface area contributed by atoms with Gasteiger partial charge in [0.25, 0.3) is 0 Å². The molecule has 2 fully saturated rings. The molecule has 2 aliphatic carbocycles. The Labute approximate surface area is 139 Å². The molecule has 0 amide bonds. The van der Waals surface area contributed by atoms with Crippen molar-refractivity contribution in [3.63, 3.8) is 0 Å². The van der Waals surface area contributed by atoms with E-state index >= 15 is 0 Å². The van der Waals surface area contributed by atoms with Gasteiger partial charge in [-0.15, -0.1) is 0 Å². The summed E-state index contributed by atoms with van der Waals surface area (Å²) in [6.45, 7) is 8.86. The summed E-state index contributed by atoms with van der Waals surface area (Å²) in [5, 5.41) is 9.89. The smallest absolute Gasteiger partial charge is 0.0591 e. The second kappa shape index (κ2) is 6.74. The van der Waals surface area contributed by atoms with Crippen LogP contribution in [0.2, 0.25) is 0 Å². The van der Waals surface area contributed by atoms with Gasteiger partial charge in [0.1, 0.15) is 0 Å². The zero-order valence-electron chi connectivity index (χ0n) is 14.3. The lowest BCUT2D eigenvalue weighted by Gasteiger charge is -2.44. The molecule has 0 saturated heterocycles. The van der Waals surface area contributed by atoms with E-state index in [4.69, 9.17) is 0 Å². The second-order valence-electron chi connectivity index (χ2n) is 8.46. The molecule has 2 heteroatoms. The summed E-state index contributed by atoms with van der Waals surface area (Å²) in [6.07, 6.45) is 10.2. The van der Waals surface area contributed by atoms with Gasteiger partial charge in [0.2, 0.25) is 0 Å². The fourth-order valence-corrected chi connectivity index (χ4v) is 5.75. The van der Waals surface area contributed by atoms with Crippen molar-refractivity contribution in [2.24, 2.45) is 23.2 Å². The second-order valence-corrected chi connectivity index (χ2v) is 8.92. The van der Waals surface area contributed by atoms with Gasteiger partial charge in [0, 0.05) is 0 Å². The number of hydrogen-bond donors (Lipinski definition) is 1. The summed E-state index contributed by atoms with van der Waals surface area (Å²) in [5.41, 5.74) is 1.68. The summed E-state index contributed by atoms with van der Waals surface area (Å²) in [6, 6.07) is 0. The lowest BCUT2D eigenvalue weighted by Crippen LogP contribution is -2.36. The van der Waals surface area contributed by atoms with E-state index in [-0.39, 0.29) is 0 Å². The van der Waals surface area contributed by atoms with E-state index in [1.807, 2.05) is 13.8 Å². The highest BCUT2D eigenvalue weighted by atomic mass is 79.9. The molecule has 0 aliphatic heterocycles. The van der Waals surface area contributed by atoms with Gasteiger partial charge in [0.15, 0.2) is 0 Å². The molecule has 1 N–H and O–H groups in total. The fourth-order valence-electron chi connectivity index (χ4n) is 5.20. The van der Waals surface area contributed by atoms with Gasteiger partial charge >= 0.3 is 0 Å². The molecule has 0 aromatic carbocycles. The quantitative estimate of drug-likeness (QED) is 0.634. The van der Waals surface area contributed by atoms with E-state index in [0.717, 1.165) is 30.6 Å². The highest BCUT2D eigenvalue weighted by Gasteiger charge is 2.50. The van der Waals surface area contributed by atoms with Crippen molar-refractivity contribution in [3.05, 3.63) is 10.6 Å². The zero-order chi connectivity index (χ0) is 15.7. The largest absolute Gasteiger partial charge is 0.390 e. The molecule has 0 heterocycles. The van der Waals surface area contributed by atoms with Crippen LogP contribution >= 0.6 is 15.9 Å². The Bertz CT molecular complexity index is 382. The van der Waals surface area contributed by atoms with Crippen LogP contribution in [0.3, 0.4) is 0 Å². The Morgan fingerprint density at radius 3 is 2.76 bits per heavy atom. The number of allylic oxidation sites excluding steroid dienone is 1. The highest BCUT2D eigenvalue weighted by Crippen LogP contribution is 2.59. The van der Waals surface area contributed by atoms with Crippen molar-refractivity contribution < 1.29 is 5.11 Å². The predicted octanol–water partition coefficient (Wildman–Crippen LogP) is 6.06. The Morgan fingerprint density at radius 1 is 1.43 bits per heavy atom. The Morgan fingerprint density at radius 2 is 2.14 bits per heavy atom. The van der Waals surface area contributed by atoms with Crippen LogP contribution in [0.15, 0.2) is 10.6 Å². The first-order valence-electron chi connectivity index (χ1n) is 8.79. The molecule has 2 aliphatic rings. The van der Waals surface area contributed by atoms with Crippen molar-refractivity contribution >= 4 is 15.9 Å². The minimum Gasteiger partial charge on any atom is -0.390 e. The Balaban J connectivity index is 1.97. The third-order valence-corrected chi connectivity index (χ3v) is 6.90. The minimum absolute atomic E-state index is 0.501. The van der Waals surface area contributed by atoms with Crippen LogP contribution in [0.4, 0.5) is 0 Å². The van der Waals surface area contributed by atoms with Crippen LogP contribution in [-0.4, -0.2) is 10.7 Å². The molecule has 0 bridgehead atoms. The van der Waals surface area contributed by atoms with Crippen molar-refractivity contribution in [2.75, 3.05) is 0 Å². The van der Waals surface area contributed by atoms with Gasteiger partial charge in [-0.25, -0.2) is 0 Å². The van der Waals surface area contributed by atoms with Crippen LogP contribution in [-0.2, 0) is 0 Å². The van der Waals surface area contributed by atoms with Gasteiger partial charge in [-0.05, 0) is 80.5 Å². The van der Waals surface area contributed by atoms with E-state index in [2.05, 4.69) is 34.8 Å². The average molecular weight is 357 g/mol. The summed E-state index contributed by atoms with van der Waals surface area (Å²) < 4.78 is 0. The predicted molar refractivity (Wildman–Crippen MR) is 94.5 cm³/mol. The van der Waals surface area contributed by atoms with E-state index < -0.39 is 5.60 Å². The van der Waals surface area contributed by atoms with Gasteiger partial charge in [-0.1, -0.05) is 48.2 Å². The lowest BCUT2D eigenvalue weighted by atomic mass is 9.61. The van der Waals surface area contributed by atoms with Crippen LogP contribution < -0.4 is 0 Å². The molecule has 1 unspecified atom stereocenters. The van der Waals surface area contributed by atoms with E-state index in [1.165, 1.54) is 38.5 Å². The first-order chi connectivity index (χ1) is 9.78. The standard InChI is InChI=1S/C19H33BrO/c1-14(7-5-11-18(2,3)21)16-9-10-17-15(13-20)8-6-12-19(16,17)4/h13-14,16-17,21H,5-12H2,1-4H3/b15-13-/t14-,16-,17?,19-/m1/s1. The Hall–Kier alpha value is 0.180. The van der Waals surface area contributed by atoms with E-state index in [1.54, 1.807) is 5.57 Å². The average Bonchev–Trinajstić information content (AvgIpc) is 2.73. The number of fused-ring (bicyclic) bond motifs is 1. The van der Waals surface area contributed by atoms with Crippen molar-refractivity contribution in [3.8, 4) is 0 Å². The molecular formula is C19H33BrO. The first kappa shape index (κ1) is 17.5. The first-order valence-corrected chi connectivity index (χ1v) is 9.71. The maximum atomic E-state index is 9.89. The lowest BCUT2D eigenvalue weighted by molar-refractivity contribution is 0.0597. The molecule has 0 aromatic heterocycles. The normalized spacial score (nSPS) is 36.8. The fraction of sp³-hybridized carbons (Fsp3) is 0.895. The van der Waals surface area contributed by atoms with Gasteiger partial charge in [0.05, 0.1) is 5.60 Å². The molecule has 1 nitrogen and oxygen atoms in total. The molecule has 21 heavy (non-hydrogen) atoms. The SMILES string of the molecule is C[C@H](CCCC(C)(C)O)[C@H]1CCC2/C(=C\Br)CCC[C@@]21C. The van der Waals surface area contributed by atoms with Crippen molar-refractivity contribution in [1.82, 2.24) is 0 Å². The third-order valence-electron chi connectivity index (χ3n) is 6.31. The number of rotatable bonds is 5. The summed E-state index contributed by atoms with van der Waals surface area (Å²) >= 11 is 3.60. The summed E-state index contributed by atoms with van der Waals surface area (Å²) in [5.74, 6) is 2.47. The van der Waals surface area contributed by atoms with Gasteiger partial charge in [-0.2, -0.15) is 0 Å². The van der Waals surface area contributed by atoms with E-state index in [9.17, 15) is 5.11 Å². The molecule has 122 valence electrons. The molecule has 2 rings (SSSR count). The molecule has 0 spiro atoms. The summed E-state index contributed by atoms with van der Waals surface area (Å²) in [7, 11) is 0. The van der Waals surface area contributed by atoms with Crippen LogP contribution in [0.1, 0.15) is 79.1 Å².